The molecule has 2 aromatic rings. The highest BCUT2D eigenvalue weighted by Gasteiger charge is 2.29. The van der Waals surface area contributed by atoms with Gasteiger partial charge in [-0.1, -0.05) is 79.4 Å². The summed E-state index contributed by atoms with van der Waals surface area (Å²) >= 11 is 12.4. The Hall–Kier alpha value is -2.04. The van der Waals surface area contributed by atoms with E-state index in [0.717, 1.165) is 29.5 Å². The number of aryl methyl sites for hydroxylation is 1. The molecule has 0 aliphatic carbocycles. The maximum absolute atomic E-state index is 13.3. The molecule has 162 valence electrons. The summed E-state index contributed by atoms with van der Waals surface area (Å²) in [5.41, 5.74) is 2.81. The van der Waals surface area contributed by atoms with Crippen molar-refractivity contribution in [2.45, 2.75) is 59.0 Å². The zero-order chi connectivity index (χ0) is 22.1. The molecule has 2 amide bonds. The van der Waals surface area contributed by atoms with Crippen LogP contribution in [-0.4, -0.2) is 29.3 Å². The number of carbonyl (C=O) groups excluding carboxylic acids is 2. The fraction of sp³-hybridized carbons (Fsp3) is 0.417. The molecule has 0 bridgehead atoms. The van der Waals surface area contributed by atoms with Gasteiger partial charge in [0.1, 0.15) is 6.04 Å². The zero-order valence-corrected chi connectivity index (χ0v) is 19.4. The Bertz CT molecular complexity index is 853. The van der Waals surface area contributed by atoms with Crippen molar-refractivity contribution in [1.82, 2.24) is 10.2 Å². The zero-order valence-electron chi connectivity index (χ0n) is 17.9. The van der Waals surface area contributed by atoms with Crippen LogP contribution >= 0.6 is 23.2 Å². The summed E-state index contributed by atoms with van der Waals surface area (Å²) in [7, 11) is 0. The lowest BCUT2D eigenvalue weighted by molar-refractivity contribution is -0.140. The summed E-state index contributed by atoms with van der Waals surface area (Å²) in [6, 6.07) is 12.5. The van der Waals surface area contributed by atoms with Gasteiger partial charge in [0.25, 0.3) is 0 Å². The molecule has 2 rings (SSSR count). The highest BCUT2D eigenvalue weighted by molar-refractivity contribution is 6.35. The molecule has 4 nitrogen and oxygen atoms in total. The molecule has 6 heteroatoms. The van der Waals surface area contributed by atoms with Crippen LogP contribution in [0.25, 0.3) is 0 Å². The number of halogens is 2. The highest BCUT2D eigenvalue weighted by atomic mass is 35.5. The Labute approximate surface area is 189 Å². The number of amides is 2. The summed E-state index contributed by atoms with van der Waals surface area (Å²) in [5.74, 6) is -0.240. The molecule has 0 radical (unpaired) electrons. The van der Waals surface area contributed by atoms with Gasteiger partial charge in [0.2, 0.25) is 11.8 Å². The van der Waals surface area contributed by atoms with Crippen molar-refractivity contribution in [2.75, 3.05) is 6.54 Å². The molecule has 1 N–H and O–H groups in total. The fourth-order valence-corrected chi connectivity index (χ4v) is 3.71. The molecular weight excluding hydrogens is 419 g/mol. The number of carbonyl (C=O) groups is 2. The van der Waals surface area contributed by atoms with E-state index in [0.29, 0.717) is 23.0 Å². The predicted molar refractivity (Wildman–Crippen MR) is 124 cm³/mol. The molecule has 0 aliphatic rings. The van der Waals surface area contributed by atoms with Gasteiger partial charge in [-0.15, -0.1) is 0 Å². The minimum Gasteiger partial charge on any atom is -0.354 e. The van der Waals surface area contributed by atoms with Gasteiger partial charge in [-0.25, -0.2) is 0 Å². The average Bonchev–Trinajstić information content (AvgIpc) is 2.71. The van der Waals surface area contributed by atoms with Crippen LogP contribution in [0.2, 0.25) is 10.0 Å². The van der Waals surface area contributed by atoms with Crippen LogP contribution in [0.1, 0.15) is 49.8 Å². The Balaban J connectivity index is 2.28. The Kier molecular flexibility index (Phi) is 9.67. The van der Waals surface area contributed by atoms with Gasteiger partial charge in [0.05, 0.1) is 6.42 Å². The Morgan fingerprint density at radius 2 is 1.77 bits per heavy atom. The molecule has 0 heterocycles. The van der Waals surface area contributed by atoms with E-state index < -0.39 is 6.04 Å². The van der Waals surface area contributed by atoms with Gasteiger partial charge in [0.15, 0.2) is 0 Å². The number of nitrogens with zero attached hydrogens (tertiary/aromatic N) is 1. The normalized spacial score (nSPS) is 11.8. The van der Waals surface area contributed by atoms with Crippen molar-refractivity contribution in [3.8, 4) is 0 Å². The molecule has 0 saturated heterocycles. The van der Waals surface area contributed by atoms with Crippen molar-refractivity contribution >= 4 is 35.0 Å². The lowest BCUT2D eigenvalue weighted by Crippen LogP contribution is -2.49. The van der Waals surface area contributed by atoms with E-state index in [9.17, 15) is 9.59 Å². The topological polar surface area (TPSA) is 49.4 Å². The van der Waals surface area contributed by atoms with Crippen LogP contribution in [-0.2, 0) is 22.6 Å². The van der Waals surface area contributed by atoms with Gasteiger partial charge >= 0.3 is 0 Å². The van der Waals surface area contributed by atoms with Crippen LogP contribution in [0, 0.1) is 6.92 Å². The Morgan fingerprint density at radius 1 is 1.07 bits per heavy atom. The fourth-order valence-electron chi connectivity index (χ4n) is 3.24. The molecule has 0 fully saturated rings. The summed E-state index contributed by atoms with van der Waals surface area (Å²) < 4.78 is 0. The van der Waals surface area contributed by atoms with Crippen LogP contribution in [0.5, 0.6) is 0 Å². The predicted octanol–water partition coefficient (Wildman–Crippen LogP) is 5.57. The third-order valence-corrected chi connectivity index (χ3v) is 5.63. The van der Waals surface area contributed by atoms with Gasteiger partial charge in [-0.2, -0.15) is 0 Å². The van der Waals surface area contributed by atoms with Gasteiger partial charge in [-0.3, -0.25) is 9.59 Å². The lowest BCUT2D eigenvalue weighted by atomic mass is 10.1. The van der Waals surface area contributed by atoms with Crippen LogP contribution < -0.4 is 5.32 Å². The summed E-state index contributed by atoms with van der Waals surface area (Å²) in [4.78, 5) is 27.8. The molecule has 0 unspecified atom stereocenters. The number of benzene rings is 2. The molecule has 0 aromatic heterocycles. The van der Waals surface area contributed by atoms with E-state index in [1.807, 2.05) is 38.1 Å². The third-order valence-electron chi connectivity index (χ3n) is 5.05. The molecule has 30 heavy (non-hydrogen) atoms. The van der Waals surface area contributed by atoms with E-state index in [1.54, 1.807) is 23.1 Å². The van der Waals surface area contributed by atoms with Crippen molar-refractivity contribution in [2.24, 2.45) is 0 Å². The van der Waals surface area contributed by atoms with Crippen molar-refractivity contribution in [1.29, 1.82) is 0 Å². The number of nitrogens with one attached hydrogen (secondary N) is 1. The van der Waals surface area contributed by atoms with Gasteiger partial charge < -0.3 is 10.2 Å². The van der Waals surface area contributed by atoms with E-state index in [4.69, 9.17) is 23.2 Å². The first-order valence-electron chi connectivity index (χ1n) is 10.4. The maximum atomic E-state index is 13.3. The van der Waals surface area contributed by atoms with Crippen molar-refractivity contribution in [3.05, 3.63) is 69.2 Å². The average molecular weight is 449 g/mol. The quantitative estimate of drug-likeness (QED) is 0.483. The van der Waals surface area contributed by atoms with Crippen LogP contribution in [0.4, 0.5) is 0 Å². The van der Waals surface area contributed by atoms with Crippen LogP contribution in [0.3, 0.4) is 0 Å². The number of hydrogen-bond acceptors (Lipinski definition) is 2. The first-order chi connectivity index (χ1) is 14.3. The van der Waals surface area contributed by atoms with E-state index >= 15 is 0 Å². The second-order valence-corrected chi connectivity index (χ2v) is 8.33. The summed E-state index contributed by atoms with van der Waals surface area (Å²) in [6.45, 7) is 6.85. The molecule has 1 atom stereocenters. The third kappa shape index (κ3) is 7.03. The smallest absolute Gasteiger partial charge is 0.242 e. The minimum absolute atomic E-state index is 0.109. The first-order valence-corrected chi connectivity index (χ1v) is 11.2. The SMILES string of the molecule is CCCCNC(=O)[C@H](CC)N(Cc1ccc(Cl)cc1Cl)C(=O)Cc1ccc(C)cc1. The van der Waals surface area contributed by atoms with Gasteiger partial charge in [-0.05, 0) is 43.0 Å². The summed E-state index contributed by atoms with van der Waals surface area (Å²) in [5, 5.41) is 3.98. The van der Waals surface area contributed by atoms with Crippen LogP contribution in [0.15, 0.2) is 42.5 Å². The maximum Gasteiger partial charge on any atom is 0.242 e. The van der Waals surface area contributed by atoms with Crippen molar-refractivity contribution < 1.29 is 9.59 Å². The standard InChI is InChI=1S/C24H30Cl2N2O2/c1-4-6-13-27-24(30)22(5-2)28(16-19-11-12-20(25)15-21(19)26)23(29)14-18-9-7-17(3)8-10-18/h7-12,15,22H,4-6,13-14,16H2,1-3H3,(H,27,30)/t22-/m0/s1. The molecule has 0 spiro atoms. The van der Waals surface area contributed by atoms with Crippen molar-refractivity contribution in [3.63, 3.8) is 0 Å². The Morgan fingerprint density at radius 3 is 2.37 bits per heavy atom. The molecule has 2 aromatic carbocycles. The first kappa shape index (κ1) is 24.2. The molecule has 0 saturated carbocycles. The summed E-state index contributed by atoms with van der Waals surface area (Å²) in [6.07, 6.45) is 2.64. The number of hydrogen-bond donors (Lipinski definition) is 1. The molecule has 0 aliphatic heterocycles. The van der Waals surface area contributed by atoms with Gasteiger partial charge in [0, 0.05) is 23.1 Å². The molecular formula is C24H30Cl2N2O2. The second kappa shape index (κ2) is 12.0. The highest BCUT2D eigenvalue weighted by Crippen LogP contribution is 2.24. The van der Waals surface area contributed by atoms with E-state index in [-0.39, 0.29) is 24.8 Å². The van der Waals surface area contributed by atoms with E-state index in [2.05, 4.69) is 12.2 Å². The number of unbranched alkanes of at least 4 members (excludes halogenated alkanes) is 1. The number of rotatable bonds is 10. The van der Waals surface area contributed by atoms with E-state index in [1.165, 1.54) is 0 Å². The minimum atomic E-state index is -0.563. The largest absolute Gasteiger partial charge is 0.354 e. The monoisotopic (exact) mass is 448 g/mol. The second-order valence-electron chi connectivity index (χ2n) is 7.49. The lowest BCUT2D eigenvalue weighted by Gasteiger charge is -2.31.